The number of carbonyl (C=O) groups is 2. The van der Waals surface area contributed by atoms with Crippen molar-refractivity contribution in [1.29, 1.82) is 0 Å². The number of imide groups is 1. The molecule has 0 fully saturated rings. The fourth-order valence-corrected chi connectivity index (χ4v) is 4.08. The van der Waals surface area contributed by atoms with E-state index in [9.17, 15) is 9.59 Å². The number of carbonyl (C=O) groups excluding carboxylic acids is 2. The summed E-state index contributed by atoms with van der Waals surface area (Å²) < 4.78 is 5.55. The number of hydrogen-bond donors (Lipinski definition) is 1. The molecule has 0 radical (unpaired) electrons. The molecule has 3 aromatic rings. The van der Waals surface area contributed by atoms with Gasteiger partial charge in [-0.3, -0.25) is 9.59 Å². The zero-order valence-corrected chi connectivity index (χ0v) is 19.7. The maximum atomic E-state index is 13.7. The SMILES string of the molecule is CCOc1ccc(C2=C(Nc3cc(C)ccc3C)C(=O)N(c3ccc(C)cc3C)C2=O)cc1. The van der Waals surface area contributed by atoms with Crippen molar-refractivity contribution in [3.8, 4) is 5.75 Å². The summed E-state index contributed by atoms with van der Waals surface area (Å²) in [5.41, 5.74) is 6.69. The van der Waals surface area contributed by atoms with Gasteiger partial charge in [-0.25, -0.2) is 4.90 Å². The van der Waals surface area contributed by atoms with Gasteiger partial charge in [-0.15, -0.1) is 0 Å². The summed E-state index contributed by atoms with van der Waals surface area (Å²) in [6.45, 7) is 10.3. The summed E-state index contributed by atoms with van der Waals surface area (Å²) in [5.74, 6) is 0.00885. The van der Waals surface area contributed by atoms with E-state index in [0.717, 1.165) is 27.9 Å². The Balaban J connectivity index is 1.84. The van der Waals surface area contributed by atoms with Crippen molar-refractivity contribution in [2.24, 2.45) is 0 Å². The second-order valence-corrected chi connectivity index (χ2v) is 8.39. The van der Waals surface area contributed by atoms with Crippen molar-refractivity contribution in [2.45, 2.75) is 34.6 Å². The summed E-state index contributed by atoms with van der Waals surface area (Å²) in [6.07, 6.45) is 0. The maximum absolute atomic E-state index is 13.7. The van der Waals surface area contributed by atoms with Crippen molar-refractivity contribution >= 4 is 28.8 Å². The van der Waals surface area contributed by atoms with Crippen molar-refractivity contribution < 1.29 is 14.3 Å². The zero-order valence-electron chi connectivity index (χ0n) is 19.7. The summed E-state index contributed by atoms with van der Waals surface area (Å²) in [7, 11) is 0. The Bertz CT molecular complexity index is 1270. The second kappa shape index (κ2) is 8.94. The van der Waals surface area contributed by atoms with Gasteiger partial charge in [0.05, 0.1) is 17.9 Å². The number of anilines is 2. The molecular formula is C28H28N2O3. The first-order chi connectivity index (χ1) is 15.8. The number of rotatable bonds is 6. The highest BCUT2D eigenvalue weighted by Crippen LogP contribution is 2.36. The van der Waals surface area contributed by atoms with E-state index in [1.165, 1.54) is 4.90 Å². The molecule has 1 heterocycles. The molecule has 168 valence electrons. The maximum Gasteiger partial charge on any atom is 0.282 e. The Morgan fingerprint density at radius 2 is 1.45 bits per heavy atom. The first kappa shape index (κ1) is 22.3. The number of benzene rings is 3. The van der Waals surface area contributed by atoms with E-state index in [2.05, 4.69) is 5.32 Å². The van der Waals surface area contributed by atoms with Crippen LogP contribution in [-0.4, -0.2) is 18.4 Å². The Morgan fingerprint density at radius 1 is 0.788 bits per heavy atom. The molecule has 3 aromatic carbocycles. The number of aryl methyl sites for hydroxylation is 4. The van der Waals surface area contributed by atoms with Crippen LogP contribution in [0.3, 0.4) is 0 Å². The third-order valence-electron chi connectivity index (χ3n) is 5.78. The highest BCUT2D eigenvalue weighted by Gasteiger charge is 2.41. The van der Waals surface area contributed by atoms with Gasteiger partial charge in [0, 0.05) is 5.69 Å². The minimum absolute atomic E-state index is 0.276. The van der Waals surface area contributed by atoms with E-state index in [4.69, 9.17) is 4.74 Å². The highest BCUT2D eigenvalue weighted by atomic mass is 16.5. The van der Waals surface area contributed by atoms with Crippen LogP contribution >= 0.6 is 0 Å². The Hall–Kier alpha value is -3.86. The van der Waals surface area contributed by atoms with Gasteiger partial charge in [-0.05, 0) is 81.1 Å². The van der Waals surface area contributed by atoms with Crippen LogP contribution in [0.15, 0.2) is 66.4 Å². The number of ether oxygens (including phenoxy) is 1. The summed E-state index contributed by atoms with van der Waals surface area (Å²) in [4.78, 5) is 28.6. The lowest BCUT2D eigenvalue weighted by molar-refractivity contribution is -0.120. The monoisotopic (exact) mass is 440 g/mol. The van der Waals surface area contributed by atoms with Crippen molar-refractivity contribution in [1.82, 2.24) is 0 Å². The minimum atomic E-state index is -0.364. The predicted octanol–water partition coefficient (Wildman–Crippen LogP) is 5.72. The Morgan fingerprint density at radius 3 is 2.12 bits per heavy atom. The third kappa shape index (κ3) is 4.27. The number of nitrogens with zero attached hydrogens (tertiary/aromatic N) is 1. The lowest BCUT2D eigenvalue weighted by Crippen LogP contribution is -2.33. The van der Waals surface area contributed by atoms with Crippen molar-refractivity contribution in [3.63, 3.8) is 0 Å². The van der Waals surface area contributed by atoms with Crippen LogP contribution in [0.5, 0.6) is 5.75 Å². The van der Waals surface area contributed by atoms with Gasteiger partial charge in [0.15, 0.2) is 0 Å². The van der Waals surface area contributed by atoms with Gasteiger partial charge in [-0.2, -0.15) is 0 Å². The first-order valence-electron chi connectivity index (χ1n) is 11.1. The number of nitrogens with one attached hydrogen (secondary N) is 1. The Labute approximate surface area is 194 Å². The predicted molar refractivity (Wildman–Crippen MR) is 132 cm³/mol. The van der Waals surface area contributed by atoms with Crippen molar-refractivity contribution in [2.75, 3.05) is 16.8 Å². The lowest BCUT2D eigenvalue weighted by atomic mass is 10.0. The molecule has 0 bridgehead atoms. The molecule has 0 atom stereocenters. The molecule has 0 saturated heterocycles. The van der Waals surface area contributed by atoms with Gasteiger partial charge < -0.3 is 10.1 Å². The molecule has 0 aliphatic carbocycles. The Kier molecular flexibility index (Phi) is 6.05. The number of hydrogen-bond acceptors (Lipinski definition) is 4. The molecule has 0 saturated carbocycles. The molecule has 5 nitrogen and oxygen atoms in total. The summed E-state index contributed by atoms with van der Waals surface area (Å²) in [6, 6.07) is 19.0. The third-order valence-corrected chi connectivity index (χ3v) is 5.78. The van der Waals surface area contributed by atoms with Crippen LogP contribution in [0.2, 0.25) is 0 Å². The van der Waals surface area contributed by atoms with Crippen LogP contribution < -0.4 is 15.0 Å². The molecule has 0 spiro atoms. The van der Waals surface area contributed by atoms with E-state index < -0.39 is 0 Å². The molecule has 0 unspecified atom stereocenters. The van der Waals surface area contributed by atoms with Crippen LogP contribution in [0.4, 0.5) is 11.4 Å². The molecule has 1 aliphatic rings. The number of amides is 2. The van der Waals surface area contributed by atoms with Crippen molar-refractivity contribution in [3.05, 3.63) is 94.2 Å². The van der Waals surface area contributed by atoms with E-state index in [-0.39, 0.29) is 17.5 Å². The molecular weight excluding hydrogens is 412 g/mol. The minimum Gasteiger partial charge on any atom is -0.494 e. The normalized spacial score (nSPS) is 13.7. The molecule has 0 aromatic heterocycles. The van der Waals surface area contributed by atoms with Crippen LogP contribution in [0, 0.1) is 27.7 Å². The van der Waals surface area contributed by atoms with Gasteiger partial charge >= 0.3 is 0 Å². The molecule has 4 rings (SSSR count). The van der Waals surface area contributed by atoms with Gasteiger partial charge in [0.2, 0.25) is 0 Å². The quantitative estimate of drug-likeness (QED) is 0.499. The fraction of sp³-hybridized carbons (Fsp3) is 0.214. The largest absolute Gasteiger partial charge is 0.494 e. The fourth-order valence-electron chi connectivity index (χ4n) is 4.08. The summed E-state index contributed by atoms with van der Waals surface area (Å²) >= 11 is 0. The molecule has 33 heavy (non-hydrogen) atoms. The van der Waals surface area contributed by atoms with Crippen LogP contribution in [0.25, 0.3) is 5.57 Å². The smallest absolute Gasteiger partial charge is 0.282 e. The standard InChI is InChI=1S/C28H28N2O3/c1-6-33-22-12-10-21(11-13-22)25-26(29-23-16-18(3)7-9-19(23)4)28(32)30(27(25)31)24-14-8-17(2)15-20(24)5/h7-16,29H,6H2,1-5H3. The first-order valence-corrected chi connectivity index (χ1v) is 11.1. The average molecular weight is 441 g/mol. The second-order valence-electron chi connectivity index (χ2n) is 8.39. The lowest BCUT2D eigenvalue weighted by Gasteiger charge is -2.18. The van der Waals surface area contributed by atoms with E-state index in [1.807, 2.05) is 95.3 Å². The van der Waals surface area contributed by atoms with Crippen LogP contribution in [-0.2, 0) is 9.59 Å². The summed E-state index contributed by atoms with van der Waals surface area (Å²) in [5, 5.41) is 3.29. The highest BCUT2D eigenvalue weighted by molar-refractivity contribution is 6.46. The van der Waals surface area contributed by atoms with E-state index in [0.29, 0.717) is 29.2 Å². The average Bonchev–Trinajstić information content (AvgIpc) is 3.01. The van der Waals surface area contributed by atoms with E-state index >= 15 is 0 Å². The van der Waals surface area contributed by atoms with Gasteiger partial charge in [0.1, 0.15) is 11.4 Å². The van der Waals surface area contributed by atoms with E-state index in [1.54, 1.807) is 0 Å². The van der Waals surface area contributed by atoms with Gasteiger partial charge in [-0.1, -0.05) is 42.0 Å². The molecule has 2 amide bonds. The molecule has 5 heteroatoms. The molecule has 1 N–H and O–H groups in total. The van der Waals surface area contributed by atoms with Gasteiger partial charge in [0.25, 0.3) is 11.8 Å². The topological polar surface area (TPSA) is 58.6 Å². The van der Waals surface area contributed by atoms with Crippen LogP contribution in [0.1, 0.15) is 34.7 Å². The zero-order chi connectivity index (χ0) is 23.7. The molecule has 1 aliphatic heterocycles.